The fourth-order valence-corrected chi connectivity index (χ4v) is 1.14. The van der Waals surface area contributed by atoms with Crippen LogP contribution in [0.2, 0.25) is 0 Å². The predicted octanol–water partition coefficient (Wildman–Crippen LogP) is 1.40. The van der Waals surface area contributed by atoms with E-state index in [1.807, 2.05) is 6.92 Å². The molecule has 1 unspecified atom stereocenters. The molecular weight excluding hydrogens is 178 g/mol. The zero-order valence-electron chi connectivity index (χ0n) is 8.45. The molecule has 0 saturated heterocycles. The van der Waals surface area contributed by atoms with E-state index in [1.54, 1.807) is 19.2 Å². The second-order valence-electron chi connectivity index (χ2n) is 3.15. The molecule has 0 saturated carbocycles. The van der Waals surface area contributed by atoms with Gasteiger partial charge in [0.15, 0.2) is 0 Å². The zero-order chi connectivity index (χ0) is 10.6. The molecule has 4 heteroatoms. The van der Waals surface area contributed by atoms with Crippen molar-refractivity contribution in [3.63, 3.8) is 0 Å². The summed E-state index contributed by atoms with van der Waals surface area (Å²) in [5, 5.41) is 3.08. The van der Waals surface area contributed by atoms with Gasteiger partial charge >= 0.3 is 0 Å². The zero-order valence-corrected chi connectivity index (χ0v) is 8.45. The van der Waals surface area contributed by atoms with Crippen molar-refractivity contribution in [2.75, 3.05) is 17.6 Å². The second-order valence-corrected chi connectivity index (χ2v) is 3.15. The third-order valence-electron chi connectivity index (χ3n) is 1.99. The fraction of sp³-hybridized carbons (Fsp3) is 0.400. The molecule has 0 aliphatic rings. The van der Waals surface area contributed by atoms with Crippen molar-refractivity contribution >= 4 is 17.7 Å². The molecule has 0 bridgehead atoms. The molecule has 4 nitrogen and oxygen atoms in total. The van der Waals surface area contributed by atoms with Gasteiger partial charge in [-0.25, -0.2) is 0 Å². The molecule has 1 rings (SSSR count). The van der Waals surface area contributed by atoms with Crippen LogP contribution in [0.15, 0.2) is 12.3 Å². The normalized spacial score (nSPS) is 12.1. The summed E-state index contributed by atoms with van der Waals surface area (Å²) in [6.45, 7) is 4.58. The van der Waals surface area contributed by atoms with Crippen LogP contribution in [-0.2, 0) is 4.79 Å². The first-order valence-electron chi connectivity index (χ1n) is 4.63. The van der Waals surface area contributed by atoms with Gasteiger partial charge in [-0.1, -0.05) is 6.92 Å². The predicted molar refractivity (Wildman–Crippen MR) is 57.3 cm³/mol. The Morgan fingerprint density at radius 1 is 1.71 bits per heavy atom. The van der Waals surface area contributed by atoms with E-state index in [4.69, 9.17) is 5.73 Å². The third kappa shape index (κ3) is 2.22. The third-order valence-corrected chi connectivity index (χ3v) is 1.99. The smallest absolute Gasteiger partial charge is 0.128 e. The molecule has 1 heterocycles. The van der Waals surface area contributed by atoms with Crippen molar-refractivity contribution in [1.29, 1.82) is 0 Å². The van der Waals surface area contributed by atoms with Crippen LogP contribution in [0.25, 0.3) is 0 Å². The minimum absolute atomic E-state index is 0.201. The highest BCUT2D eigenvalue weighted by atomic mass is 16.1. The van der Waals surface area contributed by atoms with Crippen LogP contribution in [0.1, 0.15) is 25.5 Å². The van der Waals surface area contributed by atoms with Gasteiger partial charge in [-0.2, -0.15) is 0 Å². The number of nitrogen functional groups attached to an aromatic ring is 1. The number of hydrogen-bond acceptors (Lipinski definition) is 4. The van der Waals surface area contributed by atoms with E-state index in [9.17, 15) is 4.79 Å². The van der Waals surface area contributed by atoms with E-state index >= 15 is 0 Å². The van der Waals surface area contributed by atoms with Gasteiger partial charge in [0.1, 0.15) is 6.29 Å². The Hall–Kier alpha value is -1.58. The van der Waals surface area contributed by atoms with E-state index in [0.29, 0.717) is 11.4 Å². The molecule has 0 spiro atoms. The topological polar surface area (TPSA) is 68.0 Å². The van der Waals surface area contributed by atoms with E-state index in [0.717, 1.165) is 18.5 Å². The maximum absolute atomic E-state index is 10.5. The van der Waals surface area contributed by atoms with Gasteiger partial charge in [-0.05, 0) is 13.0 Å². The number of nitrogens with two attached hydrogens (primary N) is 1. The largest absolute Gasteiger partial charge is 0.397 e. The van der Waals surface area contributed by atoms with Crippen LogP contribution >= 0.6 is 0 Å². The Morgan fingerprint density at radius 3 is 2.93 bits per heavy atom. The quantitative estimate of drug-likeness (QED) is 0.709. The molecule has 0 radical (unpaired) electrons. The van der Waals surface area contributed by atoms with Crippen molar-refractivity contribution in [1.82, 2.24) is 4.98 Å². The molecule has 1 aromatic heterocycles. The average Bonchev–Trinajstić information content (AvgIpc) is 2.20. The Labute approximate surface area is 83.5 Å². The Kier molecular flexibility index (Phi) is 3.45. The number of anilines is 2. The summed E-state index contributed by atoms with van der Waals surface area (Å²) < 4.78 is 0. The average molecular weight is 193 g/mol. The Bertz CT molecular complexity index is 325. The molecule has 0 fully saturated rings. The van der Waals surface area contributed by atoms with Crippen molar-refractivity contribution in [2.45, 2.75) is 19.8 Å². The van der Waals surface area contributed by atoms with E-state index in [-0.39, 0.29) is 5.92 Å². The van der Waals surface area contributed by atoms with E-state index < -0.39 is 0 Å². The standard InChI is InChI=1S/C10H15N3O/c1-3-12-10-5-13-9(4-8(10)11)7(2)6-14/h4-7,12H,3H2,1-2H3,(H2,11,13). The fourth-order valence-electron chi connectivity index (χ4n) is 1.14. The lowest BCUT2D eigenvalue weighted by molar-refractivity contribution is -0.108. The van der Waals surface area contributed by atoms with Crippen LogP contribution in [0.3, 0.4) is 0 Å². The maximum Gasteiger partial charge on any atom is 0.128 e. The summed E-state index contributed by atoms with van der Waals surface area (Å²) in [5.41, 5.74) is 7.93. The lowest BCUT2D eigenvalue weighted by Gasteiger charge is -2.09. The first-order chi connectivity index (χ1) is 6.69. The van der Waals surface area contributed by atoms with Gasteiger partial charge in [0.25, 0.3) is 0 Å². The van der Waals surface area contributed by atoms with Crippen LogP contribution in [0, 0.1) is 0 Å². The molecule has 0 aliphatic heterocycles. The first kappa shape index (κ1) is 10.5. The highest BCUT2D eigenvalue weighted by Gasteiger charge is 2.07. The Balaban J connectivity index is 2.93. The molecule has 14 heavy (non-hydrogen) atoms. The molecule has 0 amide bonds. The number of nitrogens with one attached hydrogen (secondary N) is 1. The Morgan fingerprint density at radius 2 is 2.43 bits per heavy atom. The molecule has 76 valence electrons. The van der Waals surface area contributed by atoms with Crippen LogP contribution in [-0.4, -0.2) is 17.8 Å². The number of pyridine rings is 1. The number of hydrogen-bond donors (Lipinski definition) is 2. The molecule has 0 aliphatic carbocycles. The SMILES string of the molecule is CCNc1cnc(C(C)C=O)cc1N. The number of aromatic nitrogens is 1. The van der Waals surface area contributed by atoms with Crippen LogP contribution in [0.4, 0.5) is 11.4 Å². The summed E-state index contributed by atoms with van der Waals surface area (Å²) in [6, 6.07) is 1.73. The van der Waals surface area contributed by atoms with Gasteiger partial charge in [0.05, 0.1) is 29.2 Å². The lowest BCUT2D eigenvalue weighted by Crippen LogP contribution is -2.05. The summed E-state index contributed by atoms with van der Waals surface area (Å²) in [5.74, 6) is -0.201. The van der Waals surface area contributed by atoms with Crippen molar-refractivity contribution in [2.24, 2.45) is 0 Å². The van der Waals surface area contributed by atoms with E-state index in [1.165, 1.54) is 0 Å². The van der Waals surface area contributed by atoms with Gasteiger partial charge in [0, 0.05) is 6.54 Å². The number of rotatable bonds is 4. The van der Waals surface area contributed by atoms with Crippen molar-refractivity contribution < 1.29 is 4.79 Å². The minimum atomic E-state index is -0.201. The van der Waals surface area contributed by atoms with Crippen LogP contribution in [0.5, 0.6) is 0 Å². The molecule has 0 aromatic carbocycles. The van der Waals surface area contributed by atoms with Gasteiger partial charge in [0.2, 0.25) is 0 Å². The first-order valence-corrected chi connectivity index (χ1v) is 4.63. The lowest BCUT2D eigenvalue weighted by atomic mass is 10.1. The van der Waals surface area contributed by atoms with Gasteiger partial charge < -0.3 is 15.8 Å². The monoisotopic (exact) mass is 193 g/mol. The summed E-state index contributed by atoms with van der Waals surface area (Å²) >= 11 is 0. The highest BCUT2D eigenvalue weighted by Crippen LogP contribution is 2.20. The molecule has 1 aromatic rings. The summed E-state index contributed by atoms with van der Waals surface area (Å²) in [7, 11) is 0. The maximum atomic E-state index is 10.5. The number of carbonyl (C=O) groups is 1. The van der Waals surface area contributed by atoms with Gasteiger partial charge in [-0.15, -0.1) is 0 Å². The summed E-state index contributed by atoms with van der Waals surface area (Å²) in [6.07, 6.45) is 2.52. The van der Waals surface area contributed by atoms with Crippen molar-refractivity contribution in [3.05, 3.63) is 18.0 Å². The van der Waals surface area contributed by atoms with Crippen molar-refractivity contribution in [3.8, 4) is 0 Å². The van der Waals surface area contributed by atoms with Crippen LogP contribution < -0.4 is 11.1 Å². The number of nitrogens with zero attached hydrogens (tertiary/aromatic N) is 1. The number of aldehydes is 1. The molecular formula is C10H15N3O. The minimum Gasteiger partial charge on any atom is -0.397 e. The molecule has 1 atom stereocenters. The highest BCUT2D eigenvalue weighted by molar-refractivity contribution is 5.68. The van der Waals surface area contributed by atoms with Gasteiger partial charge in [-0.3, -0.25) is 4.98 Å². The van der Waals surface area contributed by atoms with E-state index in [2.05, 4.69) is 10.3 Å². The number of carbonyl (C=O) groups excluding carboxylic acids is 1. The summed E-state index contributed by atoms with van der Waals surface area (Å²) in [4.78, 5) is 14.7. The second kappa shape index (κ2) is 4.60. The molecule has 3 N–H and O–H groups in total.